The van der Waals surface area contributed by atoms with E-state index in [-0.39, 0.29) is 5.95 Å². The van der Waals surface area contributed by atoms with Crippen molar-refractivity contribution in [3.63, 3.8) is 0 Å². The molecule has 0 saturated heterocycles. The largest absolute Gasteiger partial charge is 0.368 e. The van der Waals surface area contributed by atoms with Crippen LogP contribution in [0.5, 0.6) is 0 Å². The lowest BCUT2D eigenvalue weighted by Crippen LogP contribution is -2.06. The van der Waals surface area contributed by atoms with E-state index >= 15 is 0 Å². The first kappa shape index (κ1) is 10.4. The zero-order valence-corrected chi connectivity index (χ0v) is 9.62. The fourth-order valence-corrected chi connectivity index (χ4v) is 1.61. The Balaban J connectivity index is 1.87. The van der Waals surface area contributed by atoms with Crippen LogP contribution in [0.15, 0.2) is 12.5 Å². The van der Waals surface area contributed by atoms with E-state index in [1.807, 2.05) is 7.05 Å². The summed E-state index contributed by atoms with van der Waals surface area (Å²) in [5.41, 5.74) is 6.21. The summed E-state index contributed by atoms with van der Waals surface area (Å²) in [6.07, 6.45) is 3.28. The Morgan fingerprint density at radius 1 is 1.44 bits per heavy atom. The molecule has 0 radical (unpaired) electrons. The third kappa shape index (κ3) is 1.81. The summed E-state index contributed by atoms with van der Waals surface area (Å²) < 4.78 is 1.64. The molecule has 0 aromatic carbocycles. The molecule has 18 heavy (non-hydrogen) atoms. The molecule has 9 heteroatoms. The maximum Gasteiger partial charge on any atom is 0.224 e. The predicted molar refractivity (Wildman–Crippen MR) is 64.4 cm³/mol. The Labute approximate surface area is 101 Å². The van der Waals surface area contributed by atoms with E-state index < -0.39 is 0 Å². The van der Waals surface area contributed by atoms with Crippen molar-refractivity contribution in [2.24, 2.45) is 7.05 Å². The minimum Gasteiger partial charge on any atom is -0.368 e. The van der Waals surface area contributed by atoms with E-state index in [4.69, 9.17) is 5.73 Å². The minimum atomic E-state index is 0.184. The Morgan fingerprint density at radius 2 is 2.33 bits per heavy atom. The van der Waals surface area contributed by atoms with Gasteiger partial charge in [0.1, 0.15) is 12.1 Å². The lowest BCUT2D eigenvalue weighted by Gasteiger charge is -2.04. The third-order valence-corrected chi connectivity index (χ3v) is 2.39. The second kappa shape index (κ2) is 3.95. The van der Waals surface area contributed by atoms with E-state index in [1.54, 1.807) is 17.2 Å². The van der Waals surface area contributed by atoms with Crippen LogP contribution in [-0.4, -0.2) is 34.9 Å². The Kier molecular flexibility index (Phi) is 2.29. The number of H-pyrrole nitrogens is 1. The molecular weight excluding hydrogens is 234 g/mol. The first-order valence-corrected chi connectivity index (χ1v) is 5.27. The van der Waals surface area contributed by atoms with Gasteiger partial charge in [0.15, 0.2) is 11.5 Å². The van der Waals surface area contributed by atoms with Crippen molar-refractivity contribution in [1.82, 2.24) is 34.9 Å². The molecule has 0 aliphatic carbocycles. The van der Waals surface area contributed by atoms with E-state index in [0.29, 0.717) is 23.8 Å². The molecule has 3 heterocycles. The lowest BCUT2D eigenvalue weighted by molar-refractivity contribution is 0.747. The lowest BCUT2D eigenvalue weighted by atomic mass is 10.4. The highest BCUT2D eigenvalue weighted by Gasteiger charge is 2.08. The normalized spacial score (nSPS) is 10.9. The number of nitrogens with two attached hydrogens (primary N) is 1. The summed E-state index contributed by atoms with van der Waals surface area (Å²) in [6, 6.07) is 0. The number of aromatic amines is 1. The van der Waals surface area contributed by atoms with E-state index in [1.165, 1.54) is 0 Å². The molecule has 0 aliphatic heterocycles. The third-order valence-electron chi connectivity index (χ3n) is 2.39. The van der Waals surface area contributed by atoms with Gasteiger partial charge in [0.05, 0.1) is 18.1 Å². The molecule has 9 nitrogen and oxygen atoms in total. The van der Waals surface area contributed by atoms with Gasteiger partial charge in [-0.2, -0.15) is 20.2 Å². The van der Waals surface area contributed by atoms with Crippen molar-refractivity contribution in [3.05, 3.63) is 18.3 Å². The first-order valence-electron chi connectivity index (χ1n) is 5.27. The number of nitrogen functional groups attached to an aromatic ring is 1. The quantitative estimate of drug-likeness (QED) is 0.577. The van der Waals surface area contributed by atoms with Crippen molar-refractivity contribution in [2.75, 3.05) is 11.1 Å². The van der Waals surface area contributed by atoms with Crippen LogP contribution in [0.1, 0.15) is 5.82 Å². The topological polar surface area (TPSA) is 123 Å². The molecule has 0 unspecified atom stereocenters. The molecule has 0 atom stereocenters. The number of aryl methyl sites for hydroxylation is 1. The highest BCUT2D eigenvalue weighted by Crippen LogP contribution is 2.18. The van der Waals surface area contributed by atoms with Gasteiger partial charge in [-0.25, -0.2) is 4.98 Å². The number of hydrogen-bond acceptors (Lipinski definition) is 7. The number of nitrogens with one attached hydrogen (secondary N) is 2. The van der Waals surface area contributed by atoms with Gasteiger partial charge in [-0.15, -0.1) is 0 Å². The fraction of sp³-hybridized carbons (Fsp3) is 0.222. The maximum atomic E-state index is 5.61. The van der Waals surface area contributed by atoms with Crippen LogP contribution in [0.4, 0.5) is 11.8 Å². The Hall–Kier alpha value is -2.71. The van der Waals surface area contributed by atoms with Crippen molar-refractivity contribution < 1.29 is 0 Å². The molecule has 0 fully saturated rings. The number of fused-ring (bicyclic) bond motifs is 1. The molecule has 0 aliphatic rings. The Morgan fingerprint density at radius 3 is 3.11 bits per heavy atom. The number of rotatable bonds is 3. The summed E-state index contributed by atoms with van der Waals surface area (Å²) in [5, 5.41) is 14.7. The van der Waals surface area contributed by atoms with Crippen LogP contribution in [0.25, 0.3) is 11.0 Å². The van der Waals surface area contributed by atoms with Gasteiger partial charge in [-0.1, -0.05) is 0 Å². The standard InChI is InChI=1S/C9H11N9/c1-18-4-12-6(17-18)3-11-7-5-2-13-16-8(5)15-9(10)14-7/h2,4H,3H2,1H3,(H4,10,11,13,14,15,16). The molecule has 92 valence electrons. The molecule has 0 bridgehead atoms. The van der Waals surface area contributed by atoms with E-state index in [9.17, 15) is 0 Å². The van der Waals surface area contributed by atoms with Gasteiger partial charge < -0.3 is 11.1 Å². The summed E-state index contributed by atoms with van der Waals surface area (Å²) in [6.45, 7) is 0.456. The van der Waals surface area contributed by atoms with Crippen molar-refractivity contribution in [1.29, 1.82) is 0 Å². The zero-order valence-electron chi connectivity index (χ0n) is 9.62. The second-order valence-electron chi connectivity index (χ2n) is 3.75. The van der Waals surface area contributed by atoms with Gasteiger partial charge >= 0.3 is 0 Å². The van der Waals surface area contributed by atoms with Crippen LogP contribution >= 0.6 is 0 Å². The zero-order chi connectivity index (χ0) is 12.5. The van der Waals surface area contributed by atoms with Gasteiger partial charge in [0, 0.05) is 7.05 Å². The van der Waals surface area contributed by atoms with Gasteiger partial charge in [-0.05, 0) is 0 Å². The van der Waals surface area contributed by atoms with Gasteiger partial charge in [0.2, 0.25) is 5.95 Å². The smallest absolute Gasteiger partial charge is 0.224 e. The van der Waals surface area contributed by atoms with Crippen molar-refractivity contribution >= 4 is 22.8 Å². The molecular formula is C9H11N9. The molecule has 0 saturated carbocycles. The number of hydrogen-bond donors (Lipinski definition) is 3. The summed E-state index contributed by atoms with van der Waals surface area (Å²) in [5.74, 6) is 1.47. The summed E-state index contributed by atoms with van der Waals surface area (Å²) in [7, 11) is 1.81. The maximum absolute atomic E-state index is 5.61. The van der Waals surface area contributed by atoms with Crippen LogP contribution in [0.3, 0.4) is 0 Å². The van der Waals surface area contributed by atoms with Gasteiger partial charge in [0.25, 0.3) is 0 Å². The highest BCUT2D eigenvalue weighted by atomic mass is 15.3. The predicted octanol–water partition coefficient (Wildman–Crippen LogP) is -0.324. The van der Waals surface area contributed by atoms with Gasteiger partial charge in [-0.3, -0.25) is 9.78 Å². The minimum absolute atomic E-state index is 0.184. The first-order chi connectivity index (χ1) is 8.72. The van der Waals surface area contributed by atoms with Crippen molar-refractivity contribution in [2.45, 2.75) is 6.54 Å². The van der Waals surface area contributed by atoms with Crippen LogP contribution in [0, 0.1) is 0 Å². The number of nitrogens with zero attached hydrogens (tertiary/aromatic N) is 6. The average Bonchev–Trinajstić information content (AvgIpc) is 2.94. The van der Waals surface area contributed by atoms with E-state index in [2.05, 4.69) is 35.6 Å². The number of aromatic nitrogens is 7. The monoisotopic (exact) mass is 245 g/mol. The summed E-state index contributed by atoms with van der Waals surface area (Å²) in [4.78, 5) is 12.3. The molecule has 3 aromatic heterocycles. The average molecular weight is 245 g/mol. The molecule has 3 rings (SSSR count). The fourth-order valence-electron chi connectivity index (χ4n) is 1.61. The SMILES string of the molecule is Cn1cnc(CNc2nc(N)nc3[nH]ncc23)n1. The highest BCUT2D eigenvalue weighted by molar-refractivity contribution is 5.86. The van der Waals surface area contributed by atoms with Crippen LogP contribution in [-0.2, 0) is 13.6 Å². The van der Waals surface area contributed by atoms with Crippen molar-refractivity contribution in [3.8, 4) is 0 Å². The Bertz CT molecular complexity index is 682. The molecule has 3 aromatic rings. The van der Waals surface area contributed by atoms with Crippen LogP contribution < -0.4 is 11.1 Å². The van der Waals surface area contributed by atoms with Crippen LogP contribution in [0.2, 0.25) is 0 Å². The molecule has 4 N–H and O–H groups in total. The molecule has 0 amide bonds. The number of anilines is 2. The second-order valence-corrected chi connectivity index (χ2v) is 3.75. The van der Waals surface area contributed by atoms with E-state index in [0.717, 1.165) is 5.39 Å². The molecule has 0 spiro atoms. The summed E-state index contributed by atoms with van der Waals surface area (Å²) >= 11 is 0.